The van der Waals surface area contributed by atoms with Crippen LogP contribution in [-0.2, 0) is 14.3 Å². The fourth-order valence-corrected chi connectivity index (χ4v) is 2.68. The number of fused-ring (bicyclic) bond motifs is 2. The average Bonchev–Trinajstić information content (AvgIpc) is 2.17. The van der Waals surface area contributed by atoms with Crippen molar-refractivity contribution >= 4 is 5.97 Å². The molecular weight excluding hydrogens is 182 g/mol. The zero-order chi connectivity index (χ0) is 10.2. The maximum absolute atomic E-state index is 11.7. The van der Waals surface area contributed by atoms with Gasteiger partial charge in [-0.3, -0.25) is 4.79 Å². The summed E-state index contributed by atoms with van der Waals surface area (Å²) < 4.78 is 10.5. The second-order valence-electron chi connectivity index (χ2n) is 4.35. The number of piperidine rings is 2. The molecule has 2 bridgehead atoms. The van der Waals surface area contributed by atoms with Crippen molar-refractivity contribution in [1.82, 2.24) is 5.32 Å². The van der Waals surface area contributed by atoms with E-state index in [1.54, 1.807) is 7.11 Å². The van der Waals surface area contributed by atoms with Gasteiger partial charge >= 0.3 is 5.97 Å². The molecule has 80 valence electrons. The average molecular weight is 199 g/mol. The first-order chi connectivity index (χ1) is 6.66. The first kappa shape index (κ1) is 9.93. The fourth-order valence-electron chi connectivity index (χ4n) is 2.68. The summed E-state index contributed by atoms with van der Waals surface area (Å²) in [5.41, 5.74) is -0.407. The van der Waals surface area contributed by atoms with Crippen LogP contribution in [0.1, 0.15) is 19.8 Å². The number of esters is 1. The fraction of sp³-hybridized carbons (Fsp3) is 0.900. The van der Waals surface area contributed by atoms with E-state index in [2.05, 4.69) is 5.32 Å². The second-order valence-corrected chi connectivity index (χ2v) is 4.35. The first-order valence-corrected chi connectivity index (χ1v) is 5.09. The van der Waals surface area contributed by atoms with Gasteiger partial charge in [0, 0.05) is 20.2 Å². The number of hydrogen-bond donors (Lipinski definition) is 1. The maximum Gasteiger partial charge on any atom is 0.313 e. The van der Waals surface area contributed by atoms with Crippen LogP contribution in [0.15, 0.2) is 0 Å². The molecule has 0 aromatic carbocycles. The molecular formula is C10H17NO3. The molecule has 3 rings (SSSR count). The molecule has 14 heavy (non-hydrogen) atoms. The van der Waals surface area contributed by atoms with E-state index in [-0.39, 0.29) is 17.0 Å². The summed E-state index contributed by atoms with van der Waals surface area (Å²) in [7, 11) is 1.71. The molecule has 4 nitrogen and oxygen atoms in total. The Morgan fingerprint density at radius 1 is 1.43 bits per heavy atom. The molecule has 0 aromatic rings. The molecule has 2 saturated heterocycles. The van der Waals surface area contributed by atoms with Crippen molar-refractivity contribution in [2.24, 2.45) is 5.41 Å². The van der Waals surface area contributed by atoms with Gasteiger partial charge in [-0.15, -0.1) is 0 Å². The minimum Gasteiger partial charge on any atom is -0.466 e. The van der Waals surface area contributed by atoms with Gasteiger partial charge in [0.2, 0.25) is 0 Å². The highest BCUT2D eigenvalue weighted by atomic mass is 16.5. The Balaban J connectivity index is 2.03. The largest absolute Gasteiger partial charge is 0.466 e. The van der Waals surface area contributed by atoms with Gasteiger partial charge in [0.05, 0.1) is 17.6 Å². The van der Waals surface area contributed by atoms with Crippen LogP contribution in [0.5, 0.6) is 0 Å². The summed E-state index contributed by atoms with van der Waals surface area (Å²) in [6.07, 6.45) is 1.62. The van der Waals surface area contributed by atoms with Crippen molar-refractivity contribution in [2.45, 2.75) is 25.4 Å². The van der Waals surface area contributed by atoms with Crippen LogP contribution in [0, 0.1) is 5.41 Å². The monoisotopic (exact) mass is 199 g/mol. The summed E-state index contributed by atoms with van der Waals surface area (Å²) >= 11 is 0. The van der Waals surface area contributed by atoms with Crippen LogP contribution >= 0.6 is 0 Å². The van der Waals surface area contributed by atoms with Crippen molar-refractivity contribution < 1.29 is 14.3 Å². The minimum atomic E-state index is -0.301. The Morgan fingerprint density at radius 2 is 2.14 bits per heavy atom. The molecule has 1 saturated carbocycles. The lowest BCUT2D eigenvalue weighted by Crippen LogP contribution is -2.69. The molecule has 0 radical (unpaired) electrons. The summed E-state index contributed by atoms with van der Waals surface area (Å²) in [6.45, 7) is 3.88. The zero-order valence-corrected chi connectivity index (χ0v) is 8.76. The summed E-state index contributed by atoms with van der Waals surface area (Å²) in [5.74, 6) is -0.0696. The second kappa shape index (κ2) is 3.21. The molecule has 0 aromatic heterocycles. The van der Waals surface area contributed by atoms with Crippen LogP contribution in [0.2, 0.25) is 0 Å². The van der Waals surface area contributed by atoms with Crippen LogP contribution < -0.4 is 5.32 Å². The summed E-state index contributed by atoms with van der Waals surface area (Å²) in [5, 5.41) is 3.23. The number of rotatable bonds is 3. The highest BCUT2D eigenvalue weighted by Crippen LogP contribution is 2.53. The van der Waals surface area contributed by atoms with Crippen molar-refractivity contribution in [2.75, 3.05) is 26.8 Å². The van der Waals surface area contributed by atoms with Gasteiger partial charge in [0.25, 0.3) is 0 Å². The third-order valence-electron chi connectivity index (χ3n) is 3.37. The van der Waals surface area contributed by atoms with E-state index in [0.29, 0.717) is 6.61 Å². The maximum atomic E-state index is 11.7. The normalized spacial score (nSPS) is 40.1. The number of ether oxygens (including phenoxy) is 2. The van der Waals surface area contributed by atoms with E-state index in [4.69, 9.17) is 9.47 Å². The van der Waals surface area contributed by atoms with Gasteiger partial charge < -0.3 is 14.8 Å². The van der Waals surface area contributed by atoms with Crippen LogP contribution in [0.4, 0.5) is 0 Å². The van der Waals surface area contributed by atoms with E-state index >= 15 is 0 Å². The Bertz CT molecular complexity index is 246. The number of carbonyl (C=O) groups excluding carboxylic acids is 1. The predicted octanol–water partition coefficient (Wildman–Crippen LogP) is 0.318. The molecule has 0 atom stereocenters. The Kier molecular flexibility index (Phi) is 2.27. The van der Waals surface area contributed by atoms with Crippen molar-refractivity contribution in [3.8, 4) is 0 Å². The Labute approximate surface area is 84.0 Å². The van der Waals surface area contributed by atoms with E-state index in [1.807, 2.05) is 6.92 Å². The Morgan fingerprint density at radius 3 is 2.71 bits per heavy atom. The number of nitrogens with one attached hydrogen (secondary N) is 1. The molecule has 2 heterocycles. The van der Waals surface area contributed by atoms with E-state index in [9.17, 15) is 4.79 Å². The van der Waals surface area contributed by atoms with Crippen LogP contribution in [0.25, 0.3) is 0 Å². The molecule has 3 aliphatic rings. The molecule has 0 unspecified atom stereocenters. The first-order valence-electron chi connectivity index (χ1n) is 5.09. The quantitative estimate of drug-likeness (QED) is 0.665. The van der Waals surface area contributed by atoms with Gasteiger partial charge in [0.1, 0.15) is 0 Å². The molecule has 0 spiro atoms. The van der Waals surface area contributed by atoms with Gasteiger partial charge in [-0.1, -0.05) is 0 Å². The van der Waals surface area contributed by atoms with Crippen LogP contribution in [0.3, 0.4) is 0 Å². The van der Waals surface area contributed by atoms with Crippen LogP contribution in [-0.4, -0.2) is 38.4 Å². The van der Waals surface area contributed by atoms with Gasteiger partial charge in [-0.2, -0.15) is 0 Å². The minimum absolute atomic E-state index is 0.0696. The van der Waals surface area contributed by atoms with E-state index < -0.39 is 0 Å². The van der Waals surface area contributed by atoms with Gasteiger partial charge in [-0.05, 0) is 19.8 Å². The smallest absolute Gasteiger partial charge is 0.313 e. The molecule has 1 N–H and O–H groups in total. The lowest BCUT2D eigenvalue weighted by molar-refractivity contribution is -0.202. The van der Waals surface area contributed by atoms with Gasteiger partial charge in [0.15, 0.2) is 0 Å². The zero-order valence-electron chi connectivity index (χ0n) is 8.76. The third kappa shape index (κ3) is 1.25. The highest BCUT2D eigenvalue weighted by Gasteiger charge is 2.62. The lowest BCUT2D eigenvalue weighted by Gasteiger charge is -2.57. The molecule has 2 aliphatic heterocycles. The van der Waals surface area contributed by atoms with Crippen molar-refractivity contribution in [3.05, 3.63) is 0 Å². The van der Waals surface area contributed by atoms with Crippen molar-refractivity contribution in [1.29, 1.82) is 0 Å². The van der Waals surface area contributed by atoms with E-state index in [0.717, 1.165) is 25.9 Å². The van der Waals surface area contributed by atoms with E-state index in [1.165, 1.54) is 0 Å². The summed E-state index contributed by atoms with van der Waals surface area (Å²) in [4.78, 5) is 11.7. The molecule has 1 aliphatic carbocycles. The number of hydrogen-bond acceptors (Lipinski definition) is 4. The third-order valence-corrected chi connectivity index (χ3v) is 3.37. The lowest BCUT2D eigenvalue weighted by atomic mass is 9.56. The number of methoxy groups -OCH3 is 1. The molecule has 4 heteroatoms. The molecule has 3 fully saturated rings. The topological polar surface area (TPSA) is 47.6 Å². The standard InChI is InChI=1S/C10H17NO3/c1-3-14-8(12)9-4-10(5-9,13-2)7-11-6-9/h11H,3-7H2,1-2H3. The molecule has 0 amide bonds. The van der Waals surface area contributed by atoms with Gasteiger partial charge in [-0.25, -0.2) is 0 Å². The summed E-state index contributed by atoms with van der Waals surface area (Å²) in [6, 6.07) is 0. The highest BCUT2D eigenvalue weighted by molar-refractivity contribution is 5.79. The predicted molar refractivity (Wildman–Crippen MR) is 50.9 cm³/mol. The Hall–Kier alpha value is -0.610. The number of carbonyl (C=O) groups is 1. The van der Waals surface area contributed by atoms with Crippen molar-refractivity contribution in [3.63, 3.8) is 0 Å². The SMILES string of the molecule is CCOC(=O)C12CNCC(OC)(C1)C2.